The highest BCUT2D eigenvalue weighted by Gasteiger charge is 2.16. The first-order valence-electron chi connectivity index (χ1n) is 6.81. The van der Waals surface area contributed by atoms with Gasteiger partial charge in [0.15, 0.2) is 0 Å². The van der Waals surface area contributed by atoms with Gasteiger partial charge in [-0.3, -0.25) is 11.3 Å². The summed E-state index contributed by atoms with van der Waals surface area (Å²) in [6.07, 6.45) is 8.31. The number of benzene rings is 1. The van der Waals surface area contributed by atoms with E-state index in [9.17, 15) is 0 Å². The Labute approximate surface area is 113 Å². The van der Waals surface area contributed by atoms with Gasteiger partial charge in [-0.1, -0.05) is 18.2 Å². The van der Waals surface area contributed by atoms with Crippen molar-refractivity contribution in [3.05, 3.63) is 53.1 Å². The summed E-state index contributed by atoms with van der Waals surface area (Å²) in [5, 5.41) is 0. The second-order valence-corrected chi connectivity index (χ2v) is 5.31. The normalized spacial score (nSPS) is 15.5. The van der Waals surface area contributed by atoms with Crippen LogP contribution in [-0.4, -0.2) is 9.55 Å². The molecule has 3 rings (SSSR count). The molecule has 0 saturated carbocycles. The number of imidazole rings is 1. The molecule has 1 unspecified atom stereocenters. The van der Waals surface area contributed by atoms with Crippen LogP contribution in [0.3, 0.4) is 0 Å². The molecule has 0 fully saturated rings. The third kappa shape index (κ3) is 2.41. The lowest BCUT2D eigenvalue weighted by atomic mass is 10.00. The van der Waals surface area contributed by atoms with Crippen LogP contribution in [0.1, 0.15) is 34.8 Å². The van der Waals surface area contributed by atoms with Crippen molar-refractivity contribution in [1.29, 1.82) is 0 Å². The Morgan fingerprint density at radius 1 is 1.37 bits per heavy atom. The van der Waals surface area contributed by atoms with Crippen molar-refractivity contribution in [2.24, 2.45) is 12.9 Å². The Hall–Kier alpha value is -1.65. The molecule has 4 heteroatoms. The molecule has 3 N–H and O–H groups in total. The molecule has 0 amide bonds. The van der Waals surface area contributed by atoms with Gasteiger partial charge in [0.2, 0.25) is 0 Å². The van der Waals surface area contributed by atoms with Gasteiger partial charge in [0.1, 0.15) is 0 Å². The van der Waals surface area contributed by atoms with Crippen molar-refractivity contribution >= 4 is 0 Å². The number of hydrazine groups is 1. The molecule has 1 aromatic heterocycles. The molecule has 100 valence electrons. The number of nitrogens with two attached hydrogens (primary N) is 1. The van der Waals surface area contributed by atoms with Crippen LogP contribution >= 0.6 is 0 Å². The van der Waals surface area contributed by atoms with E-state index in [2.05, 4.69) is 28.6 Å². The van der Waals surface area contributed by atoms with Crippen LogP contribution in [0, 0.1) is 0 Å². The Bertz CT molecular complexity index is 573. The molecule has 1 aromatic carbocycles. The molecule has 1 atom stereocenters. The van der Waals surface area contributed by atoms with Gasteiger partial charge < -0.3 is 4.57 Å². The summed E-state index contributed by atoms with van der Waals surface area (Å²) in [4.78, 5) is 4.16. The van der Waals surface area contributed by atoms with Crippen LogP contribution < -0.4 is 11.3 Å². The molecule has 19 heavy (non-hydrogen) atoms. The second-order valence-electron chi connectivity index (χ2n) is 5.31. The highest BCUT2D eigenvalue weighted by molar-refractivity contribution is 5.35. The van der Waals surface area contributed by atoms with Crippen molar-refractivity contribution in [3.63, 3.8) is 0 Å². The van der Waals surface area contributed by atoms with Crippen molar-refractivity contribution in [2.45, 2.75) is 31.7 Å². The predicted molar refractivity (Wildman–Crippen MR) is 75.4 cm³/mol. The Balaban J connectivity index is 1.81. The zero-order valence-corrected chi connectivity index (χ0v) is 11.3. The van der Waals surface area contributed by atoms with Crippen LogP contribution in [0.2, 0.25) is 0 Å². The van der Waals surface area contributed by atoms with E-state index >= 15 is 0 Å². The number of nitrogens with zero attached hydrogens (tertiary/aromatic N) is 2. The van der Waals surface area contributed by atoms with Crippen molar-refractivity contribution in [3.8, 4) is 0 Å². The molecule has 1 aliphatic rings. The van der Waals surface area contributed by atoms with E-state index in [1.165, 1.54) is 36.0 Å². The van der Waals surface area contributed by atoms with E-state index < -0.39 is 0 Å². The average Bonchev–Trinajstić information content (AvgIpc) is 3.04. The van der Waals surface area contributed by atoms with Crippen LogP contribution in [-0.2, 0) is 26.3 Å². The third-order valence-electron chi connectivity index (χ3n) is 4.01. The zero-order valence-electron chi connectivity index (χ0n) is 11.3. The molecule has 0 saturated heterocycles. The van der Waals surface area contributed by atoms with Gasteiger partial charge in [-0.2, -0.15) is 0 Å². The first kappa shape index (κ1) is 12.4. The fourth-order valence-electron chi connectivity index (χ4n) is 2.94. The van der Waals surface area contributed by atoms with E-state index in [4.69, 9.17) is 5.84 Å². The highest BCUT2D eigenvalue weighted by Crippen LogP contribution is 2.25. The number of aryl methyl sites for hydroxylation is 3. The Kier molecular flexibility index (Phi) is 3.36. The fourth-order valence-corrected chi connectivity index (χ4v) is 2.94. The van der Waals surface area contributed by atoms with E-state index in [0.29, 0.717) is 0 Å². The van der Waals surface area contributed by atoms with Crippen molar-refractivity contribution in [2.75, 3.05) is 0 Å². The van der Waals surface area contributed by atoms with E-state index in [0.717, 1.165) is 12.1 Å². The molecule has 4 nitrogen and oxygen atoms in total. The van der Waals surface area contributed by atoms with Gasteiger partial charge in [0.05, 0.1) is 18.1 Å². The average molecular weight is 256 g/mol. The summed E-state index contributed by atoms with van der Waals surface area (Å²) < 4.78 is 2.01. The lowest BCUT2D eigenvalue weighted by Gasteiger charge is -2.17. The van der Waals surface area contributed by atoms with Gasteiger partial charge in [-0.15, -0.1) is 0 Å². The number of nitrogens with one attached hydrogen (secondary N) is 1. The maximum Gasteiger partial charge on any atom is 0.0946 e. The van der Waals surface area contributed by atoms with Gasteiger partial charge >= 0.3 is 0 Å². The summed E-state index contributed by atoms with van der Waals surface area (Å²) in [6.45, 7) is 0. The summed E-state index contributed by atoms with van der Waals surface area (Å²) in [5.41, 5.74) is 8.38. The smallest absolute Gasteiger partial charge is 0.0946 e. The molecule has 0 aliphatic heterocycles. The number of hydrogen-bond donors (Lipinski definition) is 2. The summed E-state index contributed by atoms with van der Waals surface area (Å²) in [5.74, 6) is 5.70. The minimum Gasteiger partial charge on any atom is -0.336 e. The first-order chi connectivity index (χ1) is 9.28. The first-order valence-corrected chi connectivity index (χ1v) is 6.81. The van der Waals surface area contributed by atoms with Gasteiger partial charge in [0, 0.05) is 13.2 Å². The maximum absolute atomic E-state index is 5.70. The zero-order chi connectivity index (χ0) is 13.2. The molecule has 0 spiro atoms. The number of hydrogen-bond acceptors (Lipinski definition) is 3. The van der Waals surface area contributed by atoms with Crippen molar-refractivity contribution < 1.29 is 0 Å². The van der Waals surface area contributed by atoms with Crippen LogP contribution in [0.4, 0.5) is 0 Å². The summed E-state index contributed by atoms with van der Waals surface area (Å²) in [6, 6.07) is 6.94. The van der Waals surface area contributed by atoms with Crippen LogP contribution in [0.25, 0.3) is 0 Å². The lowest BCUT2D eigenvalue weighted by molar-refractivity contribution is 0.521. The van der Waals surface area contributed by atoms with Crippen LogP contribution in [0.5, 0.6) is 0 Å². The molecular weight excluding hydrogens is 236 g/mol. The Morgan fingerprint density at radius 3 is 2.95 bits per heavy atom. The van der Waals surface area contributed by atoms with Gasteiger partial charge in [-0.05, 0) is 42.4 Å². The number of aromatic nitrogens is 2. The fraction of sp³-hybridized carbons (Fsp3) is 0.400. The molecule has 1 aliphatic carbocycles. The monoisotopic (exact) mass is 256 g/mol. The number of rotatable bonds is 4. The summed E-state index contributed by atoms with van der Waals surface area (Å²) >= 11 is 0. The largest absolute Gasteiger partial charge is 0.336 e. The molecular formula is C15H20N4. The van der Waals surface area contributed by atoms with Gasteiger partial charge in [-0.25, -0.2) is 4.98 Å². The minimum atomic E-state index is 0.104. The number of fused-ring (bicyclic) bond motifs is 1. The molecule has 0 radical (unpaired) electrons. The predicted octanol–water partition coefficient (Wildman–Crippen LogP) is 1.66. The van der Waals surface area contributed by atoms with Gasteiger partial charge in [0.25, 0.3) is 0 Å². The van der Waals surface area contributed by atoms with E-state index in [1.54, 1.807) is 0 Å². The topological polar surface area (TPSA) is 55.9 Å². The highest BCUT2D eigenvalue weighted by atomic mass is 15.2. The van der Waals surface area contributed by atoms with Crippen molar-refractivity contribution in [1.82, 2.24) is 15.0 Å². The standard InChI is InChI=1S/C15H20N4/c1-19-10-17-9-15(19)14(18-16)8-11-5-6-12-3-2-4-13(12)7-11/h5-7,9-10,14,18H,2-4,8,16H2,1H3. The second kappa shape index (κ2) is 5.15. The molecule has 2 aromatic rings. The van der Waals surface area contributed by atoms with E-state index in [1.807, 2.05) is 24.1 Å². The maximum atomic E-state index is 5.70. The quantitative estimate of drug-likeness (QED) is 0.646. The minimum absolute atomic E-state index is 0.104. The summed E-state index contributed by atoms with van der Waals surface area (Å²) in [7, 11) is 2.00. The third-order valence-corrected chi connectivity index (χ3v) is 4.01. The SMILES string of the molecule is Cn1cncc1C(Cc1ccc2c(c1)CCC2)NN. The lowest BCUT2D eigenvalue weighted by Crippen LogP contribution is -2.30. The Morgan fingerprint density at radius 2 is 2.21 bits per heavy atom. The van der Waals surface area contributed by atoms with Crippen LogP contribution in [0.15, 0.2) is 30.7 Å². The molecule has 1 heterocycles. The van der Waals surface area contributed by atoms with E-state index in [-0.39, 0.29) is 6.04 Å². The molecule has 0 bridgehead atoms.